The van der Waals surface area contributed by atoms with Gasteiger partial charge in [0, 0.05) is 0 Å². The molecule has 0 rings (SSSR count). The van der Waals surface area contributed by atoms with Crippen molar-refractivity contribution < 1.29 is 9.59 Å². The average molecular weight is 624 g/mol. The Bertz CT molecular complexity index is 476. The van der Waals surface area contributed by atoms with E-state index in [2.05, 4.69) is 0 Å². The Labute approximate surface area is 206 Å². The third-order valence-electron chi connectivity index (χ3n) is 2.25. The van der Waals surface area contributed by atoms with Gasteiger partial charge < -0.3 is 0 Å². The third kappa shape index (κ3) is 5.11. The zero-order valence-electron chi connectivity index (χ0n) is 10.1. The van der Waals surface area contributed by atoms with Gasteiger partial charge in [0.2, 0.25) is 36.5 Å². The predicted octanol–water partition coefficient (Wildman–Crippen LogP) is 7.56. The normalized spacial score (nSPS) is 15.4. The van der Waals surface area contributed by atoms with Crippen LogP contribution in [0.5, 0.6) is 0 Å². The van der Waals surface area contributed by atoms with Gasteiger partial charge in [-0.15, -0.1) is 0 Å². The van der Waals surface area contributed by atoms with E-state index < -0.39 is 36.5 Å². The highest BCUT2D eigenvalue weighted by Crippen LogP contribution is 2.58. The highest BCUT2D eigenvalue weighted by molar-refractivity contribution is 6.86. The Kier molecular flexibility index (Phi) is 9.43. The van der Waals surface area contributed by atoms with Crippen LogP contribution in [0.15, 0.2) is 0 Å². The van der Waals surface area contributed by atoms with Gasteiger partial charge in [0.25, 0.3) is 0 Å². The first kappa shape index (κ1) is 27.4. The zero-order chi connectivity index (χ0) is 20.2. The minimum atomic E-state index is -3.13. The number of hydrogen-bond acceptors (Lipinski definition) is 2. The molecule has 0 aliphatic heterocycles. The quantitative estimate of drug-likeness (QED) is 0.296. The number of rotatable bonds is 5. The molecular weight excluding hydrogens is 624 g/mol. The molecule has 16 heteroatoms. The summed E-state index contributed by atoms with van der Waals surface area (Å²) in [6, 6.07) is 0. The van der Waals surface area contributed by atoms with Crippen molar-refractivity contribution in [1.82, 2.24) is 0 Å². The summed E-state index contributed by atoms with van der Waals surface area (Å²) in [5.41, 5.74) is 0. The summed E-state index contributed by atoms with van der Waals surface area (Å²) in [6.45, 7) is 0. The largest absolute Gasteiger partial charge is 0.293 e. The maximum absolute atomic E-state index is 12.4. The van der Waals surface area contributed by atoms with Crippen molar-refractivity contribution in [3.8, 4) is 0 Å². The third-order valence-corrected chi connectivity index (χ3v) is 9.14. The maximum atomic E-state index is 12.4. The minimum absolute atomic E-state index is 1.69. The fraction of sp³-hybridized carbons (Fsp3) is 0.750. The van der Waals surface area contributed by atoms with Crippen molar-refractivity contribution in [1.29, 1.82) is 0 Å². The summed E-state index contributed by atoms with van der Waals surface area (Å²) in [5, 5.41) is 0. The van der Waals surface area contributed by atoms with Crippen LogP contribution in [0.3, 0.4) is 0 Å². The average Bonchev–Trinajstić information content (AvgIpc) is 2.33. The van der Waals surface area contributed by atoms with Gasteiger partial charge in [-0.25, -0.2) is 0 Å². The van der Waals surface area contributed by atoms with Crippen molar-refractivity contribution in [2.45, 2.75) is 24.9 Å². The van der Waals surface area contributed by atoms with Gasteiger partial charge in [-0.2, -0.15) is 0 Å². The highest BCUT2D eigenvalue weighted by Gasteiger charge is 2.70. The van der Waals surface area contributed by atoms with E-state index in [0.29, 0.717) is 0 Å². The van der Waals surface area contributed by atoms with Crippen LogP contribution >= 0.6 is 162 Å². The number of carbonyl (C=O) groups is 2. The van der Waals surface area contributed by atoms with Crippen LogP contribution in [0.25, 0.3) is 0 Å². The van der Waals surface area contributed by atoms with E-state index in [4.69, 9.17) is 162 Å². The SMILES string of the molecule is O=C(C(Cl)(Cl)C(Cl)(Cl)Cl)C(Cl)(Cl)C(Cl)(Cl)C(=O)C(Cl)(Cl)C(Cl)(Cl)Cl. The van der Waals surface area contributed by atoms with Crippen LogP contribution in [0.1, 0.15) is 0 Å². The van der Waals surface area contributed by atoms with Crippen molar-refractivity contribution in [3.63, 3.8) is 0 Å². The van der Waals surface area contributed by atoms with E-state index in [-0.39, 0.29) is 0 Å². The van der Waals surface area contributed by atoms with Crippen LogP contribution in [0.2, 0.25) is 0 Å². The first-order valence-corrected chi connectivity index (χ1v) is 10.1. The molecule has 0 saturated heterocycles. The molecule has 0 amide bonds. The van der Waals surface area contributed by atoms with Crippen molar-refractivity contribution >= 4 is 174 Å². The summed E-state index contributed by atoms with van der Waals surface area (Å²) >= 11 is 78.4. The van der Waals surface area contributed by atoms with Crippen molar-refractivity contribution in [2.24, 2.45) is 0 Å². The second-order valence-corrected chi connectivity index (χ2v) is 13.8. The summed E-state index contributed by atoms with van der Waals surface area (Å²) in [6.07, 6.45) is 0. The molecule has 0 aromatic rings. The molecular formula is C8Cl14O2. The Morgan fingerprint density at radius 3 is 0.667 bits per heavy atom. The van der Waals surface area contributed by atoms with E-state index in [1.165, 1.54) is 0 Å². The van der Waals surface area contributed by atoms with E-state index in [1.807, 2.05) is 0 Å². The van der Waals surface area contributed by atoms with Gasteiger partial charge in [0.15, 0.2) is 0 Å². The molecule has 0 saturated carbocycles. The molecule has 0 radical (unpaired) electrons. The smallest absolute Gasteiger partial charge is 0.230 e. The summed E-state index contributed by atoms with van der Waals surface area (Å²) < 4.78 is -17.3. The van der Waals surface area contributed by atoms with Crippen LogP contribution in [-0.2, 0) is 9.59 Å². The van der Waals surface area contributed by atoms with Crippen LogP contribution < -0.4 is 0 Å². The van der Waals surface area contributed by atoms with E-state index >= 15 is 0 Å². The zero-order valence-corrected chi connectivity index (χ0v) is 20.7. The molecule has 0 heterocycles. The van der Waals surface area contributed by atoms with Crippen molar-refractivity contribution in [3.05, 3.63) is 0 Å². The van der Waals surface area contributed by atoms with E-state index in [0.717, 1.165) is 0 Å². The van der Waals surface area contributed by atoms with Crippen molar-refractivity contribution in [2.75, 3.05) is 0 Å². The Morgan fingerprint density at radius 1 is 0.375 bits per heavy atom. The fourth-order valence-electron chi connectivity index (χ4n) is 0.937. The summed E-state index contributed by atoms with van der Waals surface area (Å²) in [5.74, 6) is -3.37. The number of halogens is 14. The molecule has 0 spiro atoms. The number of alkyl halides is 14. The highest BCUT2D eigenvalue weighted by atomic mass is 35.6. The molecule has 0 N–H and O–H groups in total. The lowest BCUT2D eigenvalue weighted by atomic mass is 10.1. The number of carbonyl (C=O) groups excluding carboxylic acids is 2. The van der Waals surface area contributed by atoms with Gasteiger partial charge >= 0.3 is 0 Å². The Morgan fingerprint density at radius 2 is 0.542 bits per heavy atom. The second kappa shape index (κ2) is 8.26. The summed E-state index contributed by atoms with van der Waals surface area (Å²) in [7, 11) is 0. The van der Waals surface area contributed by atoms with Gasteiger partial charge in [-0.05, 0) is 0 Å². The lowest BCUT2D eigenvalue weighted by molar-refractivity contribution is -0.126. The fourth-order valence-corrected chi connectivity index (χ4v) is 3.32. The molecule has 0 aromatic heterocycles. The first-order chi connectivity index (χ1) is 10.1. The van der Waals surface area contributed by atoms with E-state index in [1.54, 1.807) is 0 Å². The number of hydrogen-bond donors (Lipinski definition) is 0. The van der Waals surface area contributed by atoms with E-state index in [9.17, 15) is 9.59 Å². The van der Waals surface area contributed by atoms with Gasteiger partial charge in [0.05, 0.1) is 0 Å². The Hall–Kier alpha value is 3.40. The Balaban J connectivity index is 6.12. The molecule has 0 atom stereocenters. The second-order valence-electron chi connectivity index (χ2n) is 3.95. The molecule has 2 nitrogen and oxygen atoms in total. The molecule has 0 aromatic carbocycles. The molecule has 0 aliphatic carbocycles. The molecule has 0 fully saturated rings. The van der Waals surface area contributed by atoms with Gasteiger partial charge in [-0.1, -0.05) is 162 Å². The lowest BCUT2D eigenvalue weighted by Gasteiger charge is -2.39. The first-order valence-electron chi connectivity index (χ1n) is 4.80. The molecule has 24 heavy (non-hydrogen) atoms. The summed E-state index contributed by atoms with van der Waals surface area (Å²) in [4.78, 5) is 24.7. The lowest BCUT2D eigenvalue weighted by Crippen LogP contribution is -2.61. The monoisotopic (exact) mass is 618 g/mol. The standard InChI is InChI=1S/C8Cl14O2/c9-3(10,1(23)5(13,14)7(17,18)19)4(11,12)2(24)6(15,16)8(20,21)22. The molecule has 0 bridgehead atoms. The minimum Gasteiger partial charge on any atom is -0.293 e. The predicted molar refractivity (Wildman–Crippen MR) is 108 cm³/mol. The van der Waals surface area contributed by atoms with Gasteiger partial charge in [-0.3, -0.25) is 9.59 Å². The van der Waals surface area contributed by atoms with Crippen LogP contribution in [0.4, 0.5) is 0 Å². The van der Waals surface area contributed by atoms with Gasteiger partial charge in [0.1, 0.15) is 0 Å². The number of Topliss-reactive ketones (excluding diaryl/α,β-unsaturated/α-hetero) is 2. The molecule has 0 unspecified atom stereocenters. The van der Waals surface area contributed by atoms with Crippen LogP contribution in [0, 0.1) is 0 Å². The molecule has 142 valence electrons. The van der Waals surface area contributed by atoms with Crippen LogP contribution in [-0.4, -0.2) is 36.5 Å². The topological polar surface area (TPSA) is 34.1 Å². The maximum Gasteiger partial charge on any atom is 0.230 e. The number of ketones is 2. The molecule has 0 aliphatic rings.